The van der Waals surface area contributed by atoms with E-state index in [-0.39, 0.29) is 18.2 Å². The minimum atomic E-state index is -4.41. The summed E-state index contributed by atoms with van der Waals surface area (Å²) in [7, 11) is 0. The van der Waals surface area contributed by atoms with Crippen LogP contribution in [0.2, 0.25) is 0 Å². The van der Waals surface area contributed by atoms with Crippen LogP contribution in [0.15, 0.2) is 60.7 Å². The van der Waals surface area contributed by atoms with Gasteiger partial charge in [0.1, 0.15) is 0 Å². The van der Waals surface area contributed by atoms with Gasteiger partial charge in [0.05, 0.1) is 11.3 Å². The monoisotopic (exact) mass is 398 g/mol. The molecule has 0 bridgehead atoms. The van der Waals surface area contributed by atoms with Crippen molar-refractivity contribution in [3.63, 3.8) is 0 Å². The van der Waals surface area contributed by atoms with Crippen LogP contribution in [0.1, 0.15) is 28.8 Å². The zero-order valence-electron chi connectivity index (χ0n) is 15.3. The lowest BCUT2D eigenvalue weighted by atomic mass is 10.1. The highest BCUT2D eigenvalue weighted by molar-refractivity contribution is 6.25. The number of amides is 2. The lowest BCUT2D eigenvalue weighted by molar-refractivity contribution is -0.137. The molecule has 0 saturated carbocycles. The third-order valence-electron chi connectivity index (χ3n) is 4.93. The molecule has 1 aliphatic rings. The van der Waals surface area contributed by atoms with Crippen LogP contribution < -0.4 is 10.2 Å². The van der Waals surface area contributed by atoms with Gasteiger partial charge in [-0.3, -0.25) is 9.59 Å². The fourth-order valence-corrected chi connectivity index (χ4v) is 3.56. The van der Waals surface area contributed by atoms with Crippen molar-refractivity contribution in [2.75, 3.05) is 16.8 Å². The van der Waals surface area contributed by atoms with Gasteiger partial charge in [0.15, 0.2) is 0 Å². The zero-order chi connectivity index (χ0) is 20.6. The van der Waals surface area contributed by atoms with Gasteiger partial charge in [-0.2, -0.15) is 13.2 Å². The maximum Gasteiger partial charge on any atom is 0.416 e. The first kappa shape index (κ1) is 19.0. The first-order valence-electron chi connectivity index (χ1n) is 9.15. The Hall–Kier alpha value is -3.35. The molecule has 0 radical (unpaired) electrons. The summed E-state index contributed by atoms with van der Waals surface area (Å²) in [5.41, 5.74) is 1.03. The number of halogens is 3. The number of hydrogen-bond donors (Lipinski definition) is 1. The maximum atomic E-state index is 12.7. The number of alkyl halides is 3. The van der Waals surface area contributed by atoms with Crippen molar-refractivity contribution in [1.29, 1.82) is 0 Å². The molecule has 7 heteroatoms. The Morgan fingerprint density at radius 1 is 0.966 bits per heavy atom. The van der Waals surface area contributed by atoms with Crippen LogP contribution in [0.5, 0.6) is 0 Å². The van der Waals surface area contributed by atoms with E-state index in [0.717, 1.165) is 28.6 Å². The molecule has 0 spiro atoms. The van der Waals surface area contributed by atoms with Crippen LogP contribution in [-0.4, -0.2) is 18.4 Å². The van der Waals surface area contributed by atoms with Crippen LogP contribution in [0.4, 0.5) is 24.5 Å². The van der Waals surface area contributed by atoms with Gasteiger partial charge >= 0.3 is 6.18 Å². The molecule has 2 amide bonds. The molecule has 0 atom stereocenters. The number of nitrogens with zero attached hydrogens (tertiary/aromatic N) is 1. The molecule has 1 N–H and O–H groups in total. The van der Waals surface area contributed by atoms with E-state index >= 15 is 0 Å². The smallest absolute Gasteiger partial charge is 0.326 e. The molecular formula is C22H17F3N2O2. The Morgan fingerprint density at radius 3 is 2.34 bits per heavy atom. The summed E-state index contributed by atoms with van der Waals surface area (Å²) in [4.78, 5) is 26.5. The second kappa shape index (κ2) is 7.24. The molecule has 4 nitrogen and oxygen atoms in total. The van der Waals surface area contributed by atoms with Gasteiger partial charge in [0.25, 0.3) is 5.91 Å². The van der Waals surface area contributed by atoms with Crippen molar-refractivity contribution in [2.45, 2.75) is 19.0 Å². The molecule has 1 heterocycles. The lowest BCUT2D eigenvalue weighted by Gasteiger charge is -2.17. The predicted octanol–water partition coefficient (Wildman–Crippen LogP) is 5.24. The molecule has 0 fully saturated rings. The largest absolute Gasteiger partial charge is 0.416 e. The fraction of sp³-hybridized carbons (Fsp3) is 0.182. The normalized spacial score (nSPS) is 13.2. The van der Waals surface area contributed by atoms with Crippen molar-refractivity contribution in [3.8, 4) is 0 Å². The van der Waals surface area contributed by atoms with Crippen LogP contribution in [0, 0.1) is 0 Å². The van der Waals surface area contributed by atoms with Gasteiger partial charge in [0.2, 0.25) is 5.91 Å². The topological polar surface area (TPSA) is 49.4 Å². The molecule has 0 unspecified atom stereocenters. The Balaban J connectivity index is 1.36. The molecule has 148 valence electrons. The molecule has 29 heavy (non-hydrogen) atoms. The standard InChI is InChI=1S/C22H17F3N2O2/c23-22(24,25)15-9-11-16(12-10-15)26-19(28)8-3-13-27-18-7-2-5-14-4-1-6-17(20(14)18)21(27)29/h1-2,4-7,9-12H,3,8,13H2,(H,26,28). The summed E-state index contributed by atoms with van der Waals surface area (Å²) in [5, 5.41) is 4.51. The fourth-order valence-electron chi connectivity index (χ4n) is 3.56. The molecule has 4 rings (SSSR count). The van der Waals surface area contributed by atoms with Crippen molar-refractivity contribution in [3.05, 3.63) is 71.8 Å². The minimum Gasteiger partial charge on any atom is -0.326 e. The van der Waals surface area contributed by atoms with E-state index in [0.29, 0.717) is 24.2 Å². The third kappa shape index (κ3) is 3.68. The summed E-state index contributed by atoms with van der Waals surface area (Å²) in [6.07, 6.45) is -3.83. The number of benzene rings is 3. The Labute approximate surface area is 164 Å². The molecule has 1 aliphatic heterocycles. The number of rotatable bonds is 5. The second-order valence-electron chi connectivity index (χ2n) is 6.86. The Kier molecular flexibility index (Phi) is 4.74. The number of anilines is 2. The van der Waals surface area contributed by atoms with Crippen LogP contribution in [0.25, 0.3) is 10.8 Å². The van der Waals surface area contributed by atoms with Crippen LogP contribution >= 0.6 is 0 Å². The summed E-state index contributed by atoms with van der Waals surface area (Å²) in [6.45, 7) is 0.382. The molecule has 3 aromatic rings. The molecule has 0 aliphatic carbocycles. The van der Waals surface area contributed by atoms with Gasteiger partial charge in [-0.25, -0.2) is 0 Å². The van der Waals surface area contributed by atoms with Crippen LogP contribution in [-0.2, 0) is 11.0 Å². The van der Waals surface area contributed by atoms with Gasteiger partial charge in [-0.15, -0.1) is 0 Å². The molecule has 0 aromatic heterocycles. The molecule has 0 saturated heterocycles. The first-order chi connectivity index (χ1) is 13.8. The van der Waals surface area contributed by atoms with E-state index in [1.165, 1.54) is 12.1 Å². The van der Waals surface area contributed by atoms with Crippen LogP contribution in [0.3, 0.4) is 0 Å². The Bertz CT molecular complexity index is 1090. The zero-order valence-corrected chi connectivity index (χ0v) is 15.3. The maximum absolute atomic E-state index is 12.7. The predicted molar refractivity (Wildman–Crippen MR) is 105 cm³/mol. The third-order valence-corrected chi connectivity index (χ3v) is 4.93. The Morgan fingerprint density at radius 2 is 1.66 bits per heavy atom. The summed E-state index contributed by atoms with van der Waals surface area (Å²) >= 11 is 0. The minimum absolute atomic E-state index is 0.0834. The van der Waals surface area contributed by atoms with E-state index in [4.69, 9.17) is 0 Å². The number of nitrogens with one attached hydrogen (secondary N) is 1. The number of hydrogen-bond acceptors (Lipinski definition) is 2. The summed E-state index contributed by atoms with van der Waals surface area (Å²) in [6, 6.07) is 15.6. The second-order valence-corrected chi connectivity index (χ2v) is 6.86. The summed E-state index contributed by atoms with van der Waals surface area (Å²) in [5.74, 6) is -0.396. The van der Waals surface area contributed by atoms with Crippen molar-refractivity contribution < 1.29 is 22.8 Å². The van der Waals surface area contributed by atoms with E-state index < -0.39 is 11.7 Å². The summed E-state index contributed by atoms with van der Waals surface area (Å²) < 4.78 is 37.8. The van der Waals surface area contributed by atoms with Gasteiger partial charge in [-0.05, 0) is 48.2 Å². The molecule has 3 aromatic carbocycles. The highest BCUT2D eigenvalue weighted by Crippen LogP contribution is 2.37. The highest BCUT2D eigenvalue weighted by atomic mass is 19.4. The SMILES string of the molecule is O=C(CCCN1C(=O)c2cccc3cccc1c23)Nc1ccc(C(F)(F)F)cc1. The van der Waals surface area contributed by atoms with Crippen molar-refractivity contribution >= 4 is 34.0 Å². The van der Waals surface area contributed by atoms with E-state index in [1.807, 2.05) is 30.3 Å². The average Bonchev–Trinajstić information content (AvgIpc) is 2.96. The quantitative estimate of drug-likeness (QED) is 0.639. The number of carbonyl (C=O) groups is 2. The van der Waals surface area contributed by atoms with Gasteiger partial charge in [-0.1, -0.05) is 24.3 Å². The van der Waals surface area contributed by atoms with E-state index in [2.05, 4.69) is 5.32 Å². The van der Waals surface area contributed by atoms with Crippen molar-refractivity contribution in [1.82, 2.24) is 0 Å². The molecular weight excluding hydrogens is 381 g/mol. The van der Waals surface area contributed by atoms with E-state index in [9.17, 15) is 22.8 Å². The van der Waals surface area contributed by atoms with E-state index in [1.54, 1.807) is 11.0 Å². The van der Waals surface area contributed by atoms with Gasteiger partial charge < -0.3 is 10.2 Å². The average molecular weight is 398 g/mol. The van der Waals surface area contributed by atoms with Crippen molar-refractivity contribution in [2.24, 2.45) is 0 Å². The lowest BCUT2D eigenvalue weighted by Crippen LogP contribution is -2.28. The van der Waals surface area contributed by atoms with Gasteiger partial charge in [0, 0.05) is 29.6 Å². The highest BCUT2D eigenvalue weighted by Gasteiger charge is 2.30. The number of carbonyl (C=O) groups excluding carboxylic acids is 2. The first-order valence-corrected chi connectivity index (χ1v) is 9.15.